The van der Waals surface area contributed by atoms with Crippen LogP contribution in [0.4, 0.5) is 13.2 Å². The van der Waals surface area contributed by atoms with Crippen LogP contribution in [0, 0.1) is 6.07 Å². The highest BCUT2D eigenvalue weighted by molar-refractivity contribution is 6.33. The van der Waals surface area contributed by atoms with Crippen LogP contribution in [0.5, 0.6) is 0 Å². The highest BCUT2D eigenvalue weighted by Crippen LogP contribution is 2.35. The first-order valence-electron chi connectivity index (χ1n) is 2.86. The van der Waals surface area contributed by atoms with E-state index < -0.39 is 16.8 Å². The molecule has 0 saturated carbocycles. The lowest BCUT2D eigenvalue weighted by Crippen LogP contribution is -2.05. The minimum absolute atomic E-state index is 0.105. The molecule has 0 atom stereocenters. The molecule has 0 spiro atoms. The first kappa shape index (κ1) is 9.68. The van der Waals surface area contributed by atoms with E-state index in [0.717, 1.165) is 6.07 Å². The molecular weight excluding hydrogens is 212 g/mol. The lowest BCUT2D eigenvalue weighted by Gasteiger charge is -2.07. The highest BCUT2D eigenvalue weighted by Gasteiger charge is 2.33. The molecule has 12 heavy (non-hydrogen) atoms. The van der Waals surface area contributed by atoms with Crippen molar-refractivity contribution in [2.24, 2.45) is 0 Å². The molecule has 0 aromatic heterocycles. The van der Waals surface area contributed by atoms with E-state index in [4.69, 9.17) is 23.2 Å². The minimum Gasteiger partial charge on any atom is -0.166 e. The number of benzene rings is 1. The summed E-state index contributed by atoms with van der Waals surface area (Å²) in [5.41, 5.74) is -1.03. The number of hydrogen-bond donors (Lipinski definition) is 0. The molecule has 5 heteroatoms. The maximum absolute atomic E-state index is 12.1. The van der Waals surface area contributed by atoms with Crippen molar-refractivity contribution in [3.8, 4) is 0 Å². The fourth-order valence-electron chi connectivity index (χ4n) is 0.657. The van der Waals surface area contributed by atoms with Crippen LogP contribution in [0.2, 0.25) is 10.0 Å². The fourth-order valence-corrected chi connectivity index (χ4v) is 1.03. The summed E-state index contributed by atoms with van der Waals surface area (Å²) in [7, 11) is 0. The number of rotatable bonds is 0. The molecule has 0 saturated heterocycles. The van der Waals surface area contributed by atoms with Crippen LogP contribution in [0.25, 0.3) is 0 Å². The molecular formula is C7H2Cl2F3. The SMILES string of the molecule is FC(F)(F)c1[c]c(Cl)ccc1Cl. The third-order valence-electron chi connectivity index (χ3n) is 1.14. The Morgan fingerprint density at radius 3 is 2.17 bits per heavy atom. The zero-order valence-corrected chi connectivity index (χ0v) is 7.06. The van der Waals surface area contributed by atoms with E-state index in [1.807, 2.05) is 6.07 Å². The van der Waals surface area contributed by atoms with Crippen molar-refractivity contribution < 1.29 is 13.2 Å². The second-order valence-electron chi connectivity index (χ2n) is 2.03. The maximum Gasteiger partial charge on any atom is 0.418 e. The van der Waals surface area contributed by atoms with Gasteiger partial charge in [-0.15, -0.1) is 0 Å². The monoisotopic (exact) mass is 213 g/mol. The first-order valence-corrected chi connectivity index (χ1v) is 3.61. The van der Waals surface area contributed by atoms with E-state index in [-0.39, 0.29) is 5.02 Å². The molecule has 0 amide bonds. The lowest BCUT2D eigenvalue weighted by molar-refractivity contribution is -0.137. The van der Waals surface area contributed by atoms with E-state index in [1.165, 1.54) is 6.07 Å². The standard InChI is InChI=1S/C7H2Cl2F3/c8-4-1-2-6(9)5(3-4)7(10,11)12/h1-2H. The van der Waals surface area contributed by atoms with Gasteiger partial charge >= 0.3 is 6.18 Å². The topological polar surface area (TPSA) is 0 Å². The summed E-state index contributed by atoms with van der Waals surface area (Å²) in [6, 6.07) is 4.26. The predicted molar refractivity (Wildman–Crippen MR) is 40.3 cm³/mol. The molecule has 0 aliphatic rings. The molecule has 0 unspecified atom stereocenters. The van der Waals surface area contributed by atoms with E-state index in [0.29, 0.717) is 0 Å². The quantitative estimate of drug-likeness (QED) is 0.615. The Kier molecular flexibility index (Phi) is 2.54. The lowest BCUT2D eigenvalue weighted by atomic mass is 10.2. The average Bonchev–Trinajstić information content (AvgIpc) is 1.92. The van der Waals surface area contributed by atoms with Gasteiger partial charge in [0.1, 0.15) is 0 Å². The van der Waals surface area contributed by atoms with Crippen LogP contribution in [-0.2, 0) is 6.18 Å². The van der Waals surface area contributed by atoms with Gasteiger partial charge in [0, 0.05) is 11.1 Å². The molecule has 0 N–H and O–H groups in total. The summed E-state index contributed by atoms with van der Waals surface area (Å²) >= 11 is 10.6. The highest BCUT2D eigenvalue weighted by atomic mass is 35.5. The van der Waals surface area contributed by atoms with Gasteiger partial charge in [0.05, 0.1) is 10.6 Å². The molecule has 0 fully saturated rings. The van der Waals surface area contributed by atoms with Crippen molar-refractivity contribution in [3.05, 3.63) is 33.8 Å². The third-order valence-corrected chi connectivity index (χ3v) is 1.68. The van der Waals surface area contributed by atoms with Gasteiger partial charge in [0.25, 0.3) is 0 Å². The van der Waals surface area contributed by atoms with Gasteiger partial charge in [-0.05, 0) is 12.1 Å². The Labute approximate surface area is 76.9 Å². The van der Waals surface area contributed by atoms with Crippen molar-refractivity contribution in [2.45, 2.75) is 6.18 Å². The smallest absolute Gasteiger partial charge is 0.166 e. The van der Waals surface area contributed by atoms with Gasteiger partial charge in [-0.25, -0.2) is 0 Å². The summed E-state index contributed by atoms with van der Waals surface area (Å²) in [6.07, 6.45) is -4.50. The van der Waals surface area contributed by atoms with Crippen LogP contribution >= 0.6 is 23.2 Å². The molecule has 0 nitrogen and oxygen atoms in total. The zero-order chi connectivity index (χ0) is 9.35. The van der Waals surface area contributed by atoms with Crippen molar-refractivity contribution in [2.75, 3.05) is 0 Å². The van der Waals surface area contributed by atoms with Gasteiger partial charge in [0.15, 0.2) is 0 Å². The van der Waals surface area contributed by atoms with Crippen LogP contribution in [-0.4, -0.2) is 0 Å². The molecule has 65 valence electrons. The van der Waals surface area contributed by atoms with Crippen molar-refractivity contribution in [3.63, 3.8) is 0 Å². The van der Waals surface area contributed by atoms with Gasteiger partial charge in [-0.3, -0.25) is 0 Å². The van der Waals surface area contributed by atoms with E-state index in [9.17, 15) is 13.2 Å². The Balaban J connectivity index is 3.23. The Morgan fingerprint density at radius 2 is 1.75 bits per heavy atom. The predicted octanol–water partition coefficient (Wildman–Crippen LogP) is 3.81. The van der Waals surface area contributed by atoms with Gasteiger partial charge < -0.3 is 0 Å². The van der Waals surface area contributed by atoms with E-state index in [1.54, 1.807) is 0 Å². The summed E-state index contributed by atoms with van der Waals surface area (Å²) in [5, 5.41) is -0.501. The van der Waals surface area contributed by atoms with E-state index in [2.05, 4.69) is 0 Å². The number of alkyl halides is 3. The molecule has 1 aromatic carbocycles. The van der Waals surface area contributed by atoms with Crippen molar-refractivity contribution in [1.82, 2.24) is 0 Å². The molecule has 0 bridgehead atoms. The number of halogens is 5. The molecule has 1 aromatic rings. The van der Waals surface area contributed by atoms with Crippen molar-refractivity contribution >= 4 is 23.2 Å². The van der Waals surface area contributed by atoms with Gasteiger partial charge in [0.2, 0.25) is 0 Å². The third kappa shape index (κ3) is 2.05. The zero-order valence-electron chi connectivity index (χ0n) is 5.54. The summed E-state index contributed by atoms with van der Waals surface area (Å²) in [5.74, 6) is 0. The van der Waals surface area contributed by atoms with Gasteiger partial charge in [-0.1, -0.05) is 23.2 Å². The Bertz CT molecular complexity index is 293. The van der Waals surface area contributed by atoms with Crippen LogP contribution in [0.1, 0.15) is 5.56 Å². The molecule has 1 radical (unpaired) electrons. The van der Waals surface area contributed by atoms with Crippen LogP contribution in [0.15, 0.2) is 12.1 Å². The molecule has 1 rings (SSSR count). The second-order valence-corrected chi connectivity index (χ2v) is 2.84. The first-order chi connectivity index (χ1) is 5.41. The minimum atomic E-state index is -4.50. The average molecular weight is 214 g/mol. The molecule has 0 aliphatic carbocycles. The maximum atomic E-state index is 12.1. The van der Waals surface area contributed by atoms with Crippen LogP contribution in [0.3, 0.4) is 0 Å². The number of hydrogen-bond acceptors (Lipinski definition) is 0. The summed E-state index contributed by atoms with van der Waals surface area (Å²) < 4.78 is 36.2. The van der Waals surface area contributed by atoms with Gasteiger partial charge in [-0.2, -0.15) is 13.2 Å². The summed E-state index contributed by atoms with van der Waals surface area (Å²) in [6.45, 7) is 0. The molecule has 0 aliphatic heterocycles. The Morgan fingerprint density at radius 1 is 1.17 bits per heavy atom. The largest absolute Gasteiger partial charge is 0.418 e. The second kappa shape index (κ2) is 3.15. The Hall–Kier alpha value is -0.410. The fraction of sp³-hybridized carbons (Fsp3) is 0.143. The van der Waals surface area contributed by atoms with Crippen molar-refractivity contribution in [1.29, 1.82) is 0 Å². The normalized spacial score (nSPS) is 11.8. The summed E-state index contributed by atoms with van der Waals surface area (Å²) in [4.78, 5) is 0. The van der Waals surface area contributed by atoms with E-state index >= 15 is 0 Å². The molecule has 0 heterocycles. The van der Waals surface area contributed by atoms with Crippen LogP contribution < -0.4 is 0 Å².